The molecule has 1 aliphatic rings. The van der Waals surface area contributed by atoms with E-state index in [4.69, 9.17) is 37.4 Å². The van der Waals surface area contributed by atoms with Crippen LogP contribution >= 0.6 is 46.7 Å². The smallest absolute Gasteiger partial charge is 0.277 e. The van der Waals surface area contributed by atoms with Crippen molar-refractivity contribution >= 4 is 58.8 Å². The van der Waals surface area contributed by atoms with Crippen molar-refractivity contribution in [2.45, 2.75) is 18.1 Å². The number of benzene rings is 3. The van der Waals surface area contributed by atoms with Gasteiger partial charge in [-0.1, -0.05) is 53.5 Å². The third-order valence-corrected chi connectivity index (χ3v) is 8.96. The number of amides is 1. The van der Waals surface area contributed by atoms with Gasteiger partial charge in [-0.15, -0.1) is 23.5 Å². The lowest BCUT2D eigenvalue weighted by Crippen LogP contribution is -2.24. The molecule has 194 valence electrons. The molecule has 1 aliphatic heterocycles. The highest BCUT2D eigenvalue weighted by Crippen LogP contribution is 2.45. The lowest BCUT2D eigenvalue weighted by Gasteiger charge is -2.15. The summed E-state index contributed by atoms with van der Waals surface area (Å²) in [6, 6.07) is 18.7. The number of hydrazone groups is 1. The zero-order valence-electron chi connectivity index (χ0n) is 20.1. The maximum absolute atomic E-state index is 12.2. The van der Waals surface area contributed by atoms with Crippen molar-refractivity contribution in [2.24, 2.45) is 5.10 Å². The van der Waals surface area contributed by atoms with Crippen LogP contribution in [-0.2, 0) is 11.4 Å². The quantitative estimate of drug-likeness (QED) is 0.196. The molecule has 0 saturated carbocycles. The van der Waals surface area contributed by atoms with Crippen molar-refractivity contribution in [2.75, 3.05) is 24.7 Å². The maximum atomic E-state index is 12.2. The molecule has 3 aromatic rings. The van der Waals surface area contributed by atoms with Gasteiger partial charge in [-0.25, -0.2) is 5.43 Å². The Balaban J connectivity index is 1.31. The number of rotatable bonds is 11. The van der Waals surface area contributed by atoms with Gasteiger partial charge in [0.25, 0.3) is 5.91 Å². The number of carbonyl (C=O) groups excluding carboxylic acids is 1. The molecule has 0 bridgehead atoms. The van der Waals surface area contributed by atoms with Crippen LogP contribution in [-0.4, -0.2) is 36.8 Å². The van der Waals surface area contributed by atoms with Gasteiger partial charge < -0.3 is 14.2 Å². The minimum atomic E-state index is -0.377. The largest absolute Gasteiger partial charge is 0.490 e. The fourth-order valence-corrected chi connectivity index (χ4v) is 6.79. The van der Waals surface area contributed by atoms with Crippen molar-refractivity contribution in [1.29, 1.82) is 0 Å². The molecule has 1 fully saturated rings. The van der Waals surface area contributed by atoms with Crippen LogP contribution in [0.5, 0.6) is 17.2 Å². The number of nitrogens with one attached hydrogen (secondary N) is 1. The Kier molecular flexibility index (Phi) is 10.3. The van der Waals surface area contributed by atoms with E-state index in [9.17, 15) is 4.79 Å². The summed E-state index contributed by atoms with van der Waals surface area (Å²) in [5.74, 6) is 3.49. The minimum absolute atomic E-state index is 0.149. The zero-order valence-corrected chi connectivity index (χ0v) is 23.3. The molecule has 1 saturated heterocycles. The molecule has 1 heterocycles. The molecule has 4 rings (SSSR count). The number of halogens is 2. The minimum Gasteiger partial charge on any atom is -0.490 e. The summed E-state index contributed by atoms with van der Waals surface area (Å²) in [4.78, 5) is 12.2. The lowest BCUT2D eigenvalue weighted by atomic mass is 10.2. The molecule has 10 heteroatoms. The summed E-state index contributed by atoms with van der Waals surface area (Å²) < 4.78 is 17.7. The molecule has 3 aromatic carbocycles. The molecule has 37 heavy (non-hydrogen) atoms. The van der Waals surface area contributed by atoms with E-state index >= 15 is 0 Å². The van der Waals surface area contributed by atoms with Crippen LogP contribution in [0.15, 0.2) is 65.8 Å². The van der Waals surface area contributed by atoms with Gasteiger partial charge in [0.15, 0.2) is 18.1 Å². The Labute approximate surface area is 235 Å². The summed E-state index contributed by atoms with van der Waals surface area (Å²) in [6.45, 7) is 2.38. The SMILES string of the molecule is CCOc1cc(/C=N\NC(=O)COc2ccc(C3SCCS3)cc2)cc(Cl)c1OCc1ccccc1Cl. The van der Waals surface area contributed by atoms with E-state index in [-0.39, 0.29) is 19.1 Å². The van der Waals surface area contributed by atoms with Gasteiger partial charge in [-0.2, -0.15) is 5.10 Å². The predicted molar refractivity (Wildman–Crippen MR) is 154 cm³/mol. The Morgan fingerprint density at radius 1 is 1.03 bits per heavy atom. The third-order valence-electron chi connectivity index (χ3n) is 5.21. The highest BCUT2D eigenvalue weighted by molar-refractivity contribution is 8.19. The van der Waals surface area contributed by atoms with Crippen LogP contribution in [0.4, 0.5) is 0 Å². The predicted octanol–water partition coefficient (Wildman–Crippen LogP) is 6.98. The van der Waals surface area contributed by atoms with Gasteiger partial charge in [0.05, 0.1) is 22.4 Å². The van der Waals surface area contributed by atoms with Gasteiger partial charge >= 0.3 is 0 Å². The molecule has 0 aromatic heterocycles. The maximum Gasteiger partial charge on any atom is 0.277 e. The standard InChI is InChI=1S/C27H26Cl2N2O4S2/c1-2-33-24-14-18(13-23(29)26(24)35-16-20-5-3-4-6-22(20)28)15-30-31-25(32)17-34-21-9-7-19(8-10-21)27-36-11-12-37-27/h3-10,13-15,27H,2,11-12,16-17H2,1H3,(H,31,32)/b30-15-. The summed E-state index contributed by atoms with van der Waals surface area (Å²) in [5, 5.41) is 4.98. The number of hydrogen-bond donors (Lipinski definition) is 1. The molecular formula is C27H26Cl2N2O4S2. The fraction of sp³-hybridized carbons (Fsp3) is 0.259. The molecule has 1 N–H and O–H groups in total. The average molecular weight is 578 g/mol. The van der Waals surface area contributed by atoms with Gasteiger partial charge in [-0.3, -0.25) is 4.79 Å². The van der Waals surface area contributed by atoms with E-state index < -0.39 is 0 Å². The Morgan fingerprint density at radius 3 is 2.51 bits per heavy atom. The first-order valence-corrected chi connectivity index (χ1v) is 14.5. The van der Waals surface area contributed by atoms with Crippen molar-refractivity contribution in [1.82, 2.24) is 5.43 Å². The summed E-state index contributed by atoms with van der Waals surface area (Å²) in [6.07, 6.45) is 1.48. The Hall–Kier alpha value is -2.52. The van der Waals surface area contributed by atoms with Gasteiger partial charge in [-0.05, 0) is 48.4 Å². The number of carbonyl (C=O) groups is 1. The summed E-state index contributed by atoms with van der Waals surface area (Å²) in [7, 11) is 0. The molecule has 6 nitrogen and oxygen atoms in total. The van der Waals surface area contributed by atoms with E-state index in [0.29, 0.717) is 44.0 Å². The molecular weight excluding hydrogens is 551 g/mol. The van der Waals surface area contributed by atoms with Crippen LogP contribution in [0.25, 0.3) is 0 Å². The van der Waals surface area contributed by atoms with E-state index in [1.165, 1.54) is 23.3 Å². The topological polar surface area (TPSA) is 69.2 Å². The fourth-order valence-electron chi connectivity index (χ4n) is 3.46. The first-order valence-electron chi connectivity index (χ1n) is 11.6. The summed E-state index contributed by atoms with van der Waals surface area (Å²) in [5.41, 5.74) is 5.20. The highest BCUT2D eigenvalue weighted by Gasteiger charge is 2.18. The molecule has 0 unspecified atom stereocenters. The number of hydrogen-bond acceptors (Lipinski definition) is 7. The van der Waals surface area contributed by atoms with Crippen molar-refractivity contribution in [3.63, 3.8) is 0 Å². The second-order valence-corrected chi connectivity index (χ2v) is 11.4. The summed E-state index contributed by atoms with van der Waals surface area (Å²) >= 11 is 16.6. The van der Waals surface area contributed by atoms with E-state index in [1.54, 1.807) is 18.2 Å². The van der Waals surface area contributed by atoms with Gasteiger partial charge in [0.1, 0.15) is 12.4 Å². The van der Waals surface area contributed by atoms with Crippen molar-refractivity contribution < 1.29 is 19.0 Å². The Bertz CT molecular complexity index is 1240. The molecule has 0 aliphatic carbocycles. The molecule has 0 atom stereocenters. The number of ether oxygens (including phenoxy) is 3. The molecule has 0 spiro atoms. The number of thioether (sulfide) groups is 2. The van der Waals surface area contributed by atoms with Crippen molar-refractivity contribution in [3.05, 3.63) is 87.4 Å². The van der Waals surface area contributed by atoms with Crippen LogP contribution in [0.1, 0.15) is 28.2 Å². The van der Waals surface area contributed by atoms with Crippen LogP contribution in [0, 0.1) is 0 Å². The van der Waals surface area contributed by atoms with Crippen LogP contribution in [0.3, 0.4) is 0 Å². The van der Waals surface area contributed by atoms with E-state index in [1.807, 2.05) is 72.9 Å². The Morgan fingerprint density at radius 2 is 1.78 bits per heavy atom. The zero-order chi connectivity index (χ0) is 26.0. The first-order chi connectivity index (χ1) is 18.0. The van der Waals surface area contributed by atoms with Crippen LogP contribution in [0.2, 0.25) is 10.0 Å². The van der Waals surface area contributed by atoms with Gasteiger partial charge in [0, 0.05) is 22.1 Å². The molecule has 1 amide bonds. The third kappa shape index (κ3) is 7.98. The average Bonchev–Trinajstić information content (AvgIpc) is 3.44. The molecule has 0 radical (unpaired) electrons. The lowest BCUT2D eigenvalue weighted by molar-refractivity contribution is -0.123. The first kappa shape index (κ1) is 27.5. The second kappa shape index (κ2) is 13.9. The van der Waals surface area contributed by atoms with E-state index in [0.717, 1.165) is 5.56 Å². The normalized spacial score (nSPS) is 13.6. The number of nitrogens with zero attached hydrogens (tertiary/aromatic N) is 1. The van der Waals surface area contributed by atoms with Crippen LogP contribution < -0.4 is 19.6 Å². The monoisotopic (exact) mass is 576 g/mol. The van der Waals surface area contributed by atoms with Crippen molar-refractivity contribution in [3.8, 4) is 17.2 Å². The van der Waals surface area contributed by atoms with Gasteiger partial charge in [0.2, 0.25) is 0 Å². The highest BCUT2D eigenvalue weighted by atomic mass is 35.5. The van der Waals surface area contributed by atoms with E-state index in [2.05, 4.69) is 10.5 Å². The second-order valence-electron chi connectivity index (χ2n) is 7.87.